The van der Waals surface area contributed by atoms with Gasteiger partial charge in [0.2, 0.25) is 5.82 Å². The molecule has 6 nitrogen and oxygen atoms in total. The van der Waals surface area contributed by atoms with Gasteiger partial charge in [0.05, 0.1) is 5.56 Å². The van der Waals surface area contributed by atoms with E-state index in [4.69, 9.17) is 11.6 Å². The van der Waals surface area contributed by atoms with Crippen LogP contribution in [0.1, 0.15) is 10.4 Å². The Hall–Kier alpha value is -2.80. The van der Waals surface area contributed by atoms with E-state index in [9.17, 15) is 9.18 Å². The second-order valence-electron chi connectivity index (χ2n) is 4.39. The van der Waals surface area contributed by atoms with Crippen LogP contribution in [0.3, 0.4) is 0 Å². The summed E-state index contributed by atoms with van der Waals surface area (Å²) in [5, 5.41) is 16.4. The van der Waals surface area contributed by atoms with Crippen LogP contribution in [0.4, 0.5) is 10.1 Å². The molecule has 2 aromatic carbocycles. The van der Waals surface area contributed by atoms with Crippen LogP contribution in [0.5, 0.6) is 0 Å². The first-order chi connectivity index (χ1) is 10.6. The smallest absolute Gasteiger partial charge is 0.258 e. The third-order valence-electron chi connectivity index (χ3n) is 2.90. The summed E-state index contributed by atoms with van der Waals surface area (Å²) in [5.74, 6) is -0.854. The maximum Gasteiger partial charge on any atom is 0.258 e. The van der Waals surface area contributed by atoms with Crippen molar-refractivity contribution >= 4 is 23.2 Å². The lowest BCUT2D eigenvalue weighted by Crippen LogP contribution is -2.13. The Morgan fingerprint density at radius 1 is 1.23 bits per heavy atom. The molecule has 1 heterocycles. The Kier molecular flexibility index (Phi) is 3.80. The maximum atomic E-state index is 13.7. The number of carbonyl (C=O) groups is 1. The van der Waals surface area contributed by atoms with Crippen LogP contribution >= 0.6 is 11.6 Å². The number of nitrogens with zero attached hydrogens (tertiary/aromatic N) is 3. The van der Waals surface area contributed by atoms with Gasteiger partial charge in [0.15, 0.2) is 0 Å². The zero-order chi connectivity index (χ0) is 15.5. The molecule has 110 valence electrons. The molecule has 0 saturated carbocycles. The second kappa shape index (κ2) is 5.90. The number of aromatic amines is 1. The molecule has 2 N–H and O–H groups in total. The highest BCUT2D eigenvalue weighted by Gasteiger charge is 2.13. The summed E-state index contributed by atoms with van der Waals surface area (Å²) in [6.45, 7) is 0. The molecule has 0 saturated heterocycles. The third-order valence-corrected chi connectivity index (χ3v) is 3.13. The molecule has 0 fully saturated rings. The predicted molar refractivity (Wildman–Crippen MR) is 79.0 cm³/mol. The Balaban J connectivity index is 1.84. The van der Waals surface area contributed by atoms with E-state index in [1.807, 2.05) is 0 Å². The van der Waals surface area contributed by atoms with Crippen molar-refractivity contribution in [1.82, 2.24) is 20.6 Å². The molecule has 22 heavy (non-hydrogen) atoms. The number of halogens is 2. The highest BCUT2D eigenvalue weighted by atomic mass is 35.5. The Labute approximate surface area is 129 Å². The molecule has 0 aliphatic carbocycles. The van der Waals surface area contributed by atoms with Crippen LogP contribution in [-0.4, -0.2) is 26.5 Å². The van der Waals surface area contributed by atoms with Gasteiger partial charge >= 0.3 is 0 Å². The van der Waals surface area contributed by atoms with Gasteiger partial charge in [0.1, 0.15) is 5.82 Å². The monoisotopic (exact) mass is 317 g/mol. The molecule has 0 aliphatic rings. The number of aromatic nitrogens is 4. The minimum Gasteiger partial charge on any atom is -0.322 e. The van der Waals surface area contributed by atoms with Gasteiger partial charge in [0, 0.05) is 16.3 Å². The van der Waals surface area contributed by atoms with Crippen LogP contribution in [0.2, 0.25) is 5.02 Å². The van der Waals surface area contributed by atoms with E-state index in [0.29, 0.717) is 17.1 Å². The van der Waals surface area contributed by atoms with Gasteiger partial charge in [-0.3, -0.25) is 4.79 Å². The van der Waals surface area contributed by atoms with Gasteiger partial charge in [-0.2, -0.15) is 5.21 Å². The molecule has 0 radical (unpaired) electrons. The Morgan fingerprint density at radius 2 is 2.09 bits per heavy atom. The van der Waals surface area contributed by atoms with Crippen molar-refractivity contribution < 1.29 is 9.18 Å². The lowest BCUT2D eigenvalue weighted by atomic mass is 10.1. The van der Waals surface area contributed by atoms with E-state index in [1.54, 1.807) is 24.3 Å². The van der Waals surface area contributed by atoms with E-state index in [2.05, 4.69) is 25.9 Å². The number of amides is 1. The molecule has 1 amide bonds. The van der Waals surface area contributed by atoms with Gasteiger partial charge in [-0.25, -0.2) is 4.39 Å². The molecule has 0 unspecified atom stereocenters. The molecule has 1 aromatic heterocycles. The first-order valence-corrected chi connectivity index (χ1v) is 6.61. The normalized spacial score (nSPS) is 10.5. The van der Waals surface area contributed by atoms with Crippen LogP contribution in [0, 0.1) is 5.82 Å². The number of tetrazole rings is 1. The number of hydrogen-bond acceptors (Lipinski definition) is 4. The van der Waals surface area contributed by atoms with Crippen molar-refractivity contribution in [2.75, 3.05) is 5.32 Å². The standard InChI is InChI=1S/C14H9ClFN5O/c15-9-4-5-11(12(16)7-9)14(22)17-10-3-1-2-8(6-10)13-18-20-21-19-13/h1-7H,(H,17,22)(H,18,19,20,21). The molecule has 3 aromatic rings. The molecular weight excluding hydrogens is 309 g/mol. The zero-order valence-corrected chi connectivity index (χ0v) is 11.8. The minimum atomic E-state index is -0.681. The van der Waals surface area contributed by atoms with Crippen molar-refractivity contribution in [2.45, 2.75) is 0 Å². The van der Waals surface area contributed by atoms with Gasteiger partial charge in [-0.1, -0.05) is 23.7 Å². The number of nitrogens with one attached hydrogen (secondary N) is 2. The molecule has 0 bridgehead atoms. The molecule has 8 heteroatoms. The third kappa shape index (κ3) is 2.94. The minimum absolute atomic E-state index is 0.0886. The molecule has 0 aliphatic heterocycles. The number of hydrogen-bond donors (Lipinski definition) is 2. The fraction of sp³-hybridized carbons (Fsp3) is 0. The van der Waals surface area contributed by atoms with Crippen molar-refractivity contribution in [3.8, 4) is 11.4 Å². The highest BCUT2D eigenvalue weighted by Crippen LogP contribution is 2.20. The lowest BCUT2D eigenvalue weighted by molar-refractivity contribution is 0.102. The van der Waals surface area contributed by atoms with E-state index >= 15 is 0 Å². The van der Waals surface area contributed by atoms with Gasteiger partial charge < -0.3 is 5.32 Å². The maximum absolute atomic E-state index is 13.7. The quantitative estimate of drug-likeness (QED) is 0.778. The summed E-state index contributed by atoms with van der Waals surface area (Å²) in [5.41, 5.74) is 1.07. The summed E-state index contributed by atoms with van der Waals surface area (Å²) < 4.78 is 13.7. The average Bonchev–Trinajstić information content (AvgIpc) is 3.01. The van der Waals surface area contributed by atoms with E-state index < -0.39 is 11.7 Å². The van der Waals surface area contributed by atoms with E-state index in [1.165, 1.54) is 12.1 Å². The lowest BCUT2D eigenvalue weighted by Gasteiger charge is -2.07. The molecule has 0 spiro atoms. The first-order valence-electron chi connectivity index (χ1n) is 6.24. The fourth-order valence-electron chi connectivity index (χ4n) is 1.89. The number of benzene rings is 2. The molecule has 3 rings (SSSR count). The largest absolute Gasteiger partial charge is 0.322 e. The number of anilines is 1. The fourth-order valence-corrected chi connectivity index (χ4v) is 2.05. The van der Waals surface area contributed by atoms with Crippen LogP contribution in [-0.2, 0) is 0 Å². The summed E-state index contributed by atoms with van der Waals surface area (Å²) in [7, 11) is 0. The first kappa shape index (κ1) is 14.2. The number of H-pyrrole nitrogens is 1. The zero-order valence-electron chi connectivity index (χ0n) is 11.0. The van der Waals surface area contributed by atoms with Gasteiger partial charge in [-0.15, -0.1) is 10.2 Å². The van der Waals surface area contributed by atoms with Crippen LogP contribution in [0.25, 0.3) is 11.4 Å². The van der Waals surface area contributed by atoms with E-state index in [-0.39, 0.29) is 10.6 Å². The van der Waals surface area contributed by atoms with Gasteiger partial charge in [0.25, 0.3) is 5.91 Å². The summed E-state index contributed by atoms with van der Waals surface area (Å²) in [6.07, 6.45) is 0. The van der Waals surface area contributed by atoms with Crippen LogP contribution < -0.4 is 5.32 Å². The second-order valence-corrected chi connectivity index (χ2v) is 4.83. The number of carbonyl (C=O) groups excluding carboxylic acids is 1. The van der Waals surface area contributed by atoms with Crippen molar-refractivity contribution in [2.24, 2.45) is 0 Å². The SMILES string of the molecule is O=C(Nc1cccc(-c2nn[nH]n2)c1)c1ccc(Cl)cc1F. The summed E-state index contributed by atoms with van der Waals surface area (Å²) >= 11 is 5.67. The Bertz CT molecular complexity index is 822. The average molecular weight is 318 g/mol. The van der Waals surface area contributed by atoms with Gasteiger partial charge in [-0.05, 0) is 35.5 Å². The topological polar surface area (TPSA) is 83.6 Å². The van der Waals surface area contributed by atoms with E-state index in [0.717, 1.165) is 6.07 Å². The van der Waals surface area contributed by atoms with Crippen molar-refractivity contribution in [3.05, 3.63) is 58.9 Å². The Morgan fingerprint density at radius 3 is 2.82 bits per heavy atom. The van der Waals surface area contributed by atoms with Crippen molar-refractivity contribution in [1.29, 1.82) is 0 Å². The van der Waals surface area contributed by atoms with Crippen molar-refractivity contribution in [3.63, 3.8) is 0 Å². The summed E-state index contributed by atoms with van der Waals surface area (Å²) in [4.78, 5) is 12.1. The predicted octanol–water partition coefficient (Wildman–Crippen LogP) is 2.91. The van der Waals surface area contributed by atoms with Crippen LogP contribution in [0.15, 0.2) is 42.5 Å². The molecular formula is C14H9ClFN5O. The highest BCUT2D eigenvalue weighted by molar-refractivity contribution is 6.30. The molecule has 0 atom stereocenters. The summed E-state index contributed by atoms with van der Waals surface area (Å²) in [6, 6.07) is 10.7. The number of rotatable bonds is 3.